The highest BCUT2D eigenvalue weighted by Gasteiger charge is 2.27. The van der Waals surface area contributed by atoms with Gasteiger partial charge in [-0.1, -0.05) is 11.6 Å². The van der Waals surface area contributed by atoms with Crippen molar-refractivity contribution in [3.8, 4) is 17.0 Å². The lowest BCUT2D eigenvalue weighted by Crippen LogP contribution is -2.38. The molecule has 29 heavy (non-hydrogen) atoms. The van der Waals surface area contributed by atoms with Crippen LogP contribution in [0.5, 0.6) is 5.75 Å². The van der Waals surface area contributed by atoms with Crippen molar-refractivity contribution in [2.24, 2.45) is 0 Å². The molecular formula is C21H22ClN5O2. The van der Waals surface area contributed by atoms with E-state index < -0.39 is 0 Å². The van der Waals surface area contributed by atoms with Crippen LogP contribution in [0.25, 0.3) is 11.3 Å². The Kier molecular flexibility index (Phi) is 5.24. The molecule has 1 amide bonds. The van der Waals surface area contributed by atoms with Gasteiger partial charge in [0, 0.05) is 35.6 Å². The third kappa shape index (κ3) is 3.96. The molecule has 0 fully saturated rings. The van der Waals surface area contributed by atoms with Crippen LogP contribution in [0.15, 0.2) is 36.8 Å². The fraction of sp³-hybridized carbons (Fsp3) is 0.333. The zero-order valence-electron chi connectivity index (χ0n) is 16.5. The Bertz CT molecular complexity index is 1050. The number of halogens is 1. The first-order valence-corrected chi connectivity index (χ1v) is 9.86. The Morgan fingerprint density at radius 1 is 1.34 bits per heavy atom. The first-order chi connectivity index (χ1) is 13.9. The van der Waals surface area contributed by atoms with E-state index in [2.05, 4.69) is 20.4 Å². The van der Waals surface area contributed by atoms with E-state index >= 15 is 0 Å². The highest BCUT2D eigenvalue weighted by molar-refractivity contribution is 6.32. The lowest BCUT2D eigenvalue weighted by molar-refractivity contribution is -0.124. The van der Waals surface area contributed by atoms with Gasteiger partial charge in [-0.05, 0) is 39.0 Å². The molecule has 2 unspecified atom stereocenters. The summed E-state index contributed by atoms with van der Waals surface area (Å²) in [7, 11) is 0. The van der Waals surface area contributed by atoms with E-state index in [1.165, 1.54) is 0 Å². The fourth-order valence-corrected chi connectivity index (χ4v) is 3.89. The first kappa shape index (κ1) is 19.4. The zero-order valence-corrected chi connectivity index (χ0v) is 17.3. The zero-order chi connectivity index (χ0) is 20.5. The highest BCUT2D eigenvalue weighted by Crippen LogP contribution is 2.39. The number of amides is 1. The third-order valence-electron chi connectivity index (χ3n) is 5.01. The maximum absolute atomic E-state index is 12.6. The number of benzene rings is 1. The van der Waals surface area contributed by atoms with Crippen LogP contribution >= 0.6 is 11.6 Å². The molecule has 8 heteroatoms. The number of carbonyl (C=O) groups excluding carboxylic acids is 1. The van der Waals surface area contributed by atoms with Gasteiger partial charge < -0.3 is 10.1 Å². The van der Waals surface area contributed by atoms with Crippen LogP contribution < -0.4 is 10.1 Å². The van der Waals surface area contributed by atoms with Crippen LogP contribution in [0, 0.1) is 13.8 Å². The molecule has 2 aromatic heterocycles. The van der Waals surface area contributed by atoms with Crippen molar-refractivity contribution in [2.45, 2.75) is 39.3 Å². The summed E-state index contributed by atoms with van der Waals surface area (Å²) >= 11 is 6.43. The van der Waals surface area contributed by atoms with Crippen molar-refractivity contribution in [1.82, 2.24) is 25.1 Å². The van der Waals surface area contributed by atoms with Gasteiger partial charge >= 0.3 is 0 Å². The smallest absolute Gasteiger partial charge is 0.244 e. The number of nitrogens with zero attached hydrogens (tertiary/aromatic N) is 4. The predicted molar refractivity (Wildman–Crippen MR) is 110 cm³/mol. The number of aromatic nitrogens is 4. The average molecular weight is 412 g/mol. The summed E-state index contributed by atoms with van der Waals surface area (Å²) in [6, 6.07) is 5.42. The molecule has 0 spiro atoms. The van der Waals surface area contributed by atoms with E-state index in [1.807, 2.05) is 39.0 Å². The molecule has 150 valence electrons. The summed E-state index contributed by atoms with van der Waals surface area (Å²) < 4.78 is 7.72. The number of aryl methyl sites for hydroxylation is 2. The summed E-state index contributed by atoms with van der Waals surface area (Å²) in [5, 5.41) is 7.89. The number of fused-ring (bicyclic) bond motifs is 1. The van der Waals surface area contributed by atoms with Crippen molar-refractivity contribution in [3.05, 3.63) is 58.8 Å². The fourth-order valence-electron chi connectivity index (χ4n) is 3.61. The van der Waals surface area contributed by atoms with Crippen molar-refractivity contribution in [3.63, 3.8) is 0 Å². The SMILES string of the molecule is Cc1cc(C)n(C(C)C(=O)NCC2Cc3cc(-c4cnccn4)cc(Cl)c3O2)n1. The maximum Gasteiger partial charge on any atom is 0.244 e. The van der Waals surface area contributed by atoms with Gasteiger partial charge in [-0.3, -0.25) is 19.4 Å². The Morgan fingerprint density at radius 3 is 2.86 bits per heavy atom. The molecule has 3 aromatic rings. The molecule has 1 aliphatic heterocycles. The summed E-state index contributed by atoms with van der Waals surface area (Å²) in [6.45, 7) is 6.09. The molecule has 1 aromatic carbocycles. The second-order valence-electron chi connectivity index (χ2n) is 7.27. The van der Waals surface area contributed by atoms with E-state index in [0.717, 1.165) is 28.2 Å². The van der Waals surface area contributed by atoms with Gasteiger partial charge in [-0.2, -0.15) is 5.10 Å². The minimum absolute atomic E-state index is 0.0953. The molecule has 0 aliphatic carbocycles. The molecule has 7 nitrogen and oxygen atoms in total. The van der Waals surface area contributed by atoms with Gasteiger partial charge in [0.25, 0.3) is 0 Å². The molecule has 1 N–H and O–H groups in total. The number of ether oxygens (including phenoxy) is 1. The summed E-state index contributed by atoms with van der Waals surface area (Å²) in [6.07, 6.45) is 5.47. The molecule has 0 saturated carbocycles. The van der Waals surface area contributed by atoms with Crippen LogP contribution in [0.4, 0.5) is 0 Å². The van der Waals surface area contributed by atoms with Gasteiger partial charge in [0.2, 0.25) is 5.91 Å². The van der Waals surface area contributed by atoms with Gasteiger partial charge in [-0.25, -0.2) is 0 Å². The molecule has 0 radical (unpaired) electrons. The Balaban J connectivity index is 1.41. The number of nitrogens with one attached hydrogen (secondary N) is 1. The monoisotopic (exact) mass is 411 g/mol. The Labute approximate surface area is 174 Å². The molecule has 0 bridgehead atoms. The summed E-state index contributed by atoms with van der Waals surface area (Å²) in [5.74, 6) is 0.576. The lowest BCUT2D eigenvalue weighted by atomic mass is 10.0. The summed E-state index contributed by atoms with van der Waals surface area (Å²) in [5.41, 5.74) is 4.51. The van der Waals surface area contributed by atoms with Gasteiger partial charge in [0.15, 0.2) is 0 Å². The molecule has 3 heterocycles. The number of rotatable bonds is 5. The largest absolute Gasteiger partial charge is 0.486 e. The van der Waals surface area contributed by atoms with Crippen LogP contribution in [0.3, 0.4) is 0 Å². The van der Waals surface area contributed by atoms with Crippen molar-refractivity contribution < 1.29 is 9.53 Å². The minimum atomic E-state index is -0.390. The second kappa shape index (κ2) is 7.83. The number of hydrogen-bond donors (Lipinski definition) is 1. The van der Waals surface area contributed by atoms with E-state index in [9.17, 15) is 4.79 Å². The quantitative estimate of drug-likeness (QED) is 0.696. The van der Waals surface area contributed by atoms with Gasteiger partial charge in [0.1, 0.15) is 17.9 Å². The minimum Gasteiger partial charge on any atom is -0.486 e. The van der Waals surface area contributed by atoms with Crippen molar-refractivity contribution in [2.75, 3.05) is 6.54 Å². The van der Waals surface area contributed by atoms with E-state index in [-0.39, 0.29) is 18.1 Å². The van der Waals surface area contributed by atoms with Crippen LogP contribution in [0.2, 0.25) is 5.02 Å². The summed E-state index contributed by atoms with van der Waals surface area (Å²) in [4.78, 5) is 21.0. The molecule has 1 aliphatic rings. The molecule has 2 atom stereocenters. The predicted octanol–water partition coefficient (Wildman–Crippen LogP) is 3.29. The average Bonchev–Trinajstić information content (AvgIpc) is 3.28. The number of hydrogen-bond acceptors (Lipinski definition) is 5. The standard InChI is InChI=1S/C21H22ClN5O2/c1-12-6-13(2)27(26-12)14(3)21(28)25-10-17-8-16-7-15(9-18(22)20(16)29-17)19-11-23-4-5-24-19/h4-7,9,11,14,17H,8,10H2,1-3H3,(H,25,28). The number of carbonyl (C=O) groups is 1. The normalized spacial score (nSPS) is 16.2. The van der Waals surface area contributed by atoms with Crippen LogP contribution in [-0.2, 0) is 11.2 Å². The highest BCUT2D eigenvalue weighted by atomic mass is 35.5. The van der Waals surface area contributed by atoms with E-state index in [0.29, 0.717) is 23.7 Å². The van der Waals surface area contributed by atoms with Crippen LogP contribution in [0.1, 0.15) is 29.9 Å². The van der Waals surface area contributed by atoms with Gasteiger partial charge in [-0.15, -0.1) is 0 Å². The third-order valence-corrected chi connectivity index (χ3v) is 5.29. The molecule has 0 saturated heterocycles. The van der Waals surface area contributed by atoms with Crippen molar-refractivity contribution in [1.29, 1.82) is 0 Å². The maximum atomic E-state index is 12.6. The molecular weight excluding hydrogens is 390 g/mol. The van der Waals surface area contributed by atoms with Gasteiger partial charge in [0.05, 0.1) is 29.2 Å². The second-order valence-corrected chi connectivity index (χ2v) is 7.68. The van der Waals surface area contributed by atoms with E-state index in [1.54, 1.807) is 23.3 Å². The Morgan fingerprint density at radius 2 is 2.17 bits per heavy atom. The lowest BCUT2D eigenvalue weighted by Gasteiger charge is -2.17. The topological polar surface area (TPSA) is 81.9 Å². The first-order valence-electron chi connectivity index (χ1n) is 9.48. The van der Waals surface area contributed by atoms with E-state index in [4.69, 9.17) is 16.3 Å². The Hall–Kier alpha value is -2.93. The van der Waals surface area contributed by atoms with Crippen LogP contribution in [-0.4, -0.2) is 38.3 Å². The molecule has 4 rings (SSSR count). The van der Waals surface area contributed by atoms with Crippen molar-refractivity contribution >= 4 is 17.5 Å².